The SMILES string of the molecule is CCC(C)C(N)C(=O)NCc1ccc(Br)s1. The van der Waals surface area contributed by atoms with Crippen LogP contribution < -0.4 is 11.1 Å². The zero-order valence-corrected chi connectivity index (χ0v) is 11.9. The molecular weight excluding hydrogens is 288 g/mol. The van der Waals surface area contributed by atoms with Crippen LogP contribution in [0.3, 0.4) is 0 Å². The molecule has 90 valence electrons. The largest absolute Gasteiger partial charge is 0.350 e. The molecule has 0 aliphatic rings. The van der Waals surface area contributed by atoms with Gasteiger partial charge in [-0.3, -0.25) is 4.79 Å². The number of amides is 1. The van der Waals surface area contributed by atoms with Crippen molar-refractivity contribution in [1.29, 1.82) is 0 Å². The Morgan fingerprint density at radius 2 is 2.31 bits per heavy atom. The van der Waals surface area contributed by atoms with Crippen molar-refractivity contribution in [3.63, 3.8) is 0 Å². The number of hydrogen-bond donors (Lipinski definition) is 2. The Morgan fingerprint density at radius 3 is 2.81 bits per heavy atom. The van der Waals surface area contributed by atoms with Gasteiger partial charge < -0.3 is 11.1 Å². The Balaban J connectivity index is 2.40. The molecule has 2 atom stereocenters. The highest BCUT2D eigenvalue weighted by atomic mass is 79.9. The van der Waals surface area contributed by atoms with Crippen molar-refractivity contribution in [3.05, 3.63) is 20.8 Å². The molecule has 0 radical (unpaired) electrons. The molecule has 0 aromatic carbocycles. The summed E-state index contributed by atoms with van der Waals surface area (Å²) in [6.45, 7) is 4.58. The summed E-state index contributed by atoms with van der Waals surface area (Å²) < 4.78 is 1.07. The van der Waals surface area contributed by atoms with Gasteiger partial charge in [-0.25, -0.2) is 0 Å². The summed E-state index contributed by atoms with van der Waals surface area (Å²) in [5, 5.41) is 2.85. The van der Waals surface area contributed by atoms with Crippen LogP contribution in [0.1, 0.15) is 25.1 Å². The van der Waals surface area contributed by atoms with Gasteiger partial charge in [0.25, 0.3) is 0 Å². The molecule has 3 nitrogen and oxygen atoms in total. The second kappa shape index (κ2) is 6.37. The van der Waals surface area contributed by atoms with E-state index in [0.717, 1.165) is 15.1 Å². The van der Waals surface area contributed by atoms with Gasteiger partial charge in [-0.05, 0) is 34.0 Å². The molecule has 1 heterocycles. The van der Waals surface area contributed by atoms with Crippen LogP contribution in [0.2, 0.25) is 0 Å². The van der Waals surface area contributed by atoms with Crippen LogP contribution in [0.15, 0.2) is 15.9 Å². The van der Waals surface area contributed by atoms with Crippen LogP contribution in [0.4, 0.5) is 0 Å². The van der Waals surface area contributed by atoms with Crippen molar-refractivity contribution in [1.82, 2.24) is 5.32 Å². The highest BCUT2D eigenvalue weighted by Gasteiger charge is 2.18. The van der Waals surface area contributed by atoms with Crippen molar-refractivity contribution < 1.29 is 4.79 Å². The maximum absolute atomic E-state index is 11.7. The minimum Gasteiger partial charge on any atom is -0.350 e. The van der Waals surface area contributed by atoms with Crippen molar-refractivity contribution in [2.75, 3.05) is 0 Å². The zero-order chi connectivity index (χ0) is 12.1. The van der Waals surface area contributed by atoms with Gasteiger partial charge in [-0.2, -0.15) is 0 Å². The lowest BCUT2D eigenvalue weighted by molar-refractivity contribution is -0.123. The third kappa shape index (κ3) is 3.88. The topological polar surface area (TPSA) is 55.1 Å². The average Bonchev–Trinajstić information content (AvgIpc) is 2.69. The number of carbonyl (C=O) groups is 1. The lowest BCUT2D eigenvalue weighted by atomic mass is 9.99. The van der Waals surface area contributed by atoms with E-state index in [-0.39, 0.29) is 11.8 Å². The third-order valence-electron chi connectivity index (χ3n) is 2.63. The van der Waals surface area contributed by atoms with Gasteiger partial charge in [-0.1, -0.05) is 20.3 Å². The molecule has 5 heteroatoms. The first-order valence-corrected chi connectivity index (χ1v) is 6.93. The fourth-order valence-electron chi connectivity index (χ4n) is 1.25. The summed E-state index contributed by atoms with van der Waals surface area (Å²) in [6, 6.07) is 3.55. The highest BCUT2D eigenvalue weighted by Crippen LogP contribution is 2.21. The molecule has 0 saturated carbocycles. The molecule has 0 fully saturated rings. The normalized spacial score (nSPS) is 14.5. The van der Waals surface area contributed by atoms with Crippen LogP contribution in [0, 0.1) is 5.92 Å². The Bertz CT molecular complexity index is 354. The predicted molar refractivity (Wildman–Crippen MR) is 71.3 cm³/mol. The summed E-state index contributed by atoms with van der Waals surface area (Å²) in [5.74, 6) is 0.147. The van der Waals surface area contributed by atoms with E-state index in [9.17, 15) is 4.79 Å². The lowest BCUT2D eigenvalue weighted by Crippen LogP contribution is -2.44. The Kier molecular flexibility index (Phi) is 5.44. The Morgan fingerprint density at radius 1 is 1.62 bits per heavy atom. The number of nitrogens with two attached hydrogens (primary N) is 1. The maximum atomic E-state index is 11.7. The minimum absolute atomic E-state index is 0.0705. The number of hydrogen-bond acceptors (Lipinski definition) is 3. The Hall–Kier alpha value is -0.390. The molecule has 1 rings (SSSR count). The molecule has 0 bridgehead atoms. The number of nitrogens with one attached hydrogen (secondary N) is 1. The van der Waals surface area contributed by atoms with Crippen LogP contribution >= 0.6 is 27.3 Å². The van der Waals surface area contributed by atoms with E-state index in [1.54, 1.807) is 11.3 Å². The average molecular weight is 305 g/mol. The molecule has 3 N–H and O–H groups in total. The molecule has 16 heavy (non-hydrogen) atoms. The third-order valence-corrected chi connectivity index (χ3v) is 4.25. The van der Waals surface area contributed by atoms with Gasteiger partial charge in [0.2, 0.25) is 5.91 Å². The number of carbonyl (C=O) groups excluding carboxylic acids is 1. The van der Waals surface area contributed by atoms with E-state index in [4.69, 9.17) is 5.73 Å². The van der Waals surface area contributed by atoms with Crippen molar-refractivity contribution in [2.45, 2.75) is 32.9 Å². The Labute approximate surface area is 109 Å². The second-order valence-corrected chi connectivity index (χ2v) is 6.38. The molecule has 0 spiro atoms. The van der Waals surface area contributed by atoms with Gasteiger partial charge in [0, 0.05) is 4.88 Å². The van der Waals surface area contributed by atoms with Crippen LogP contribution in [-0.4, -0.2) is 11.9 Å². The van der Waals surface area contributed by atoms with Gasteiger partial charge in [-0.15, -0.1) is 11.3 Å². The van der Waals surface area contributed by atoms with E-state index < -0.39 is 6.04 Å². The monoisotopic (exact) mass is 304 g/mol. The molecule has 0 saturated heterocycles. The molecule has 1 aromatic rings. The molecule has 0 aliphatic carbocycles. The fraction of sp³-hybridized carbons (Fsp3) is 0.545. The maximum Gasteiger partial charge on any atom is 0.237 e. The van der Waals surface area contributed by atoms with Gasteiger partial charge in [0.05, 0.1) is 16.4 Å². The number of rotatable bonds is 5. The first-order valence-electron chi connectivity index (χ1n) is 5.32. The molecule has 1 amide bonds. The van der Waals surface area contributed by atoms with E-state index >= 15 is 0 Å². The second-order valence-electron chi connectivity index (χ2n) is 3.83. The summed E-state index contributed by atoms with van der Waals surface area (Å²) in [7, 11) is 0. The molecule has 0 aliphatic heterocycles. The van der Waals surface area contributed by atoms with Crippen LogP contribution in [0.25, 0.3) is 0 Å². The summed E-state index contributed by atoms with van der Waals surface area (Å²) in [5.41, 5.74) is 5.82. The number of halogens is 1. The van der Waals surface area contributed by atoms with Gasteiger partial charge in [0.1, 0.15) is 0 Å². The quantitative estimate of drug-likeness (QED) is 0.878. The lowest BCUT2D eigenvalue weighted by Gasteiger charge is -2.17. The standard InChI is InChI=1S/C11H17BrN2OS/c1-3-7(2)10(13)11(15)14-6-8-4-5-9(12)16-8/h4-5,7,10H,3,6,13H2,1-2H3,(H,14,15). The molecular formula is C11H17BrN2OS. The van der Waals surface area contributed by atoms with Crippen LogP contribution in [-0.2, 0) is 11.3 Å². The number of thiophene rings is 1. The van der Waals surface area contributed by atoms with Gasteiger partial charge in [0.15, 0.2) is 0 Å². The highest BCUT2D eigenvalue weighted by molar-refractivity contribution is 9.11. The van der Waals surface area contributed by atoms with E-state index in [1.807, 2.05) is 26.0 Å². The fourth-order valence-corrected chi connectivity index (χ4v) is 2.67. The molecule has 2 unspecified atom stereocenters. The first-order chi connectivity index (χ1) is 7.54. The van der Waals surface area contributed by atoms with Crippen molar-refractivity contribution >= 4 is 33.2 Å². The van der Waals surface area contributed by atoms with Crippen molar-refractivity contribution in [2.24, 2.45) is 11.7 Å². The van der Waals surface area contributed by atoms with E-state index in [1.165, 1.54) is 0 Å². The van der Waals surface area contributed by atoms with Gasteiger partial charge >= 0.3 is 0 Å². The smallest absolute Gasteiger partial charge is 0.237 e. The summed E-state index contributed by atoms with van der Waals surface area (Å²) in [6.07, 6.45) is 0.916. The summed E-state index contributed by atoms with van der Waals surface area (Å²) in [4.78, 5) is 12.8. The van der Waals surface area contributed by atoms with E-state index in [0.29, 0.717) is 6.54 Å². The zero-order valence-electron chi connectivity index (χ0n) is 9.50. The molecule has 1 aromatic heterocycles. The summed E-state index contributed by atoms with van der Waals surface area (Å²) >= 11 is 5.00. The predicted octanol–water partition coefficient (Wildman–Crippen LogP) is 2.50. The van der Waals surface area contributed by atoms with Crippen LogP contribution in [0.5, 0.6) is 0 Å². The minimum atomic E-state index is -0.409. The van der Waals surface area contributed by atoms with E-state index in [2.05, 4.69) is 21.2 Å². The van der Waals surface area contributed by atoms with Crippen molar-refractivity contribution in [3.8, 4) is 0 Å². The first kappa shape index (κ1) is 13.7.